The molecule has 0 aliphatic heterocycles. The van der Waals surface area contributed by atoms with E-state index in [9.17, 15) is 0 Å². The Morgan fingerprint density at radius 3 is 2.48 bits per heavy atom. The van der Waals surface area contributed by atoms with Gasteiger partial charge in [0.05, 0.1) is 0 Å². The Morgan fingerprint density at radius 1 is 1.09 bits per heavy atom. The van der Waals surface area contributed by atoms with Crippen molar-refractivity contribution >= 4 is 34.0 Å². The molecule has 0 saturated heterocycles. The van der Waals surface area contributed by atoms with E-state index in [4.69, 9.17) is 12.2 Å². The van der Waals surface area contributed by atoms with Gasteiger partial charge >= 0.3 is 0 Å². The molecule has 0 aromatic heterocycles. The van der Waals surface area contributed by atoms with Gasteiger partial charge in [-0.3, -0.25) is 0 Å². The van der Waals surface area contributed by atoms with Crippen LogP contribution < -0.4 is 5.32 Å². The smallest absolute Gasteiger partial charge is 0.0390 e. The van der Waals surface area contributed by atoms with E-state index in [-0.39, 0.29) is 0 Å². The molecule has 23 heavy (non-hydrogen) atoms. The zero-order chi connectivity index (χ0) is 16.7. The van der Waals surface area contributed by atoms with Crippen LogP contribution in [0.15, 0.2) is 90.2 Å². The number of fused-ring (bicyclic) bond motifs is 1. The van der Waals surface area contributed by atoms with E-state index in [0.29, 0.717) is 0 Å². The van der Waals surface area contributed by atoms with E-state index in [2.05, 4.69) is 42.2 Å². The van der Waals surface area contributed by atoms with Crippen LogP contribution >= 0.6 is 12.2 Å². The summed E-state index contributed by atoms with van der Waals surface area (Å²) >= 11 is 5.12. The summed E-state index contributed by atoms with van der Waals surface area (Å²) in [4.78, 5) is 0. The Hall–Kier alpha value is -2.45. The molecule has 0 bridgehead atoms. The molecule has 0 heterocycles. The maximum Gasteiger partial charge on any atom is 0.0390 e. The highest BCUT2D eigenvalue weighted by molar-refractivity contribution is 7.79. The first-order valence-electron chi connectivity index (χ1n) is 7.59. The molecular formula is C21H21NS. The second-order valence-corrected chi connectivity index (χ2v) is 5.41. The van der Waals surface area contributed by atoms with Crippen LogP contribution in [0.1, 0.15) is 13.8 Å². The molecule has 1 N–H and O–H groups in total. The average Bonchev–Trinajstić information content (AvgIpc) is 2.58. The van der Waals surface area contributed by atoms with Crippen LogP contribution in [0.5, 0.6) is 0 Å². The van der Waals surface area contributed by atoms with Crippen molar-refractivity contribution < 1.29 is 0 Å². The third-order valence-corrected chi connectivity index (χ3v) is 3.78. The Kier molecular flexibility index (Phi) is 6.07. The number of allylic oxidation sites excluding steroid dienone is 6. The van der Waals surface area contributed by atoms with Crippen LogP contribution in [0.2, 0.25) is 0 Å². The first-order valence-corrected chi connectivity index (χ1v) is 8.06. The van der Waals surface area contributed by atoms with Gasteiger partial charge in [-0.2, -0.15) is 0 Å². The molecule has 0 atom stereocenters. The second-order valence-electron chi connectivity index (χ2n) is 5.17. The normalized spacial score (nSPS) is 12.6. The summed E-state index contributed by atoms with van der Waals surface area (Å²) < 4.78 is 0. The quantitative estimate of drug-likeness (QED) is 0.386. The topological polar surface area (TPSA) is 12.0 Å². The molecule has 0 aliphatic rings. The highest BCUT2D eigenvalue weighted by Crippen LogP contribution is 2.21. The van der Waals surface area contributed by atoms with Crippen LogP contribution in [0.4, 0.5) is 5.69 Å². The van der Waals surface area contributed by atoms with Gasteiger partial charge < -0.3 is 5.32 Å². The maximum absolute atomic E-state index is 5.12. The van der Waals surface area contributed by atoms with Crippen molar-refractivity contribution in [3.63, 3.8) is 0 Å². The Bertz CT molecular complexity index is 809. The third-order valence-electron chi connectivity index (χ3n) is 3.53. The van der Waals surface area contributed by atoms with Crippen molar-refractivity contribution in [2.24, 2.45) is 0 Å². The summed E-state index contributed by atoms with van der Waals surface area (Å²) in [6.45, 7) is 8.01. The fraction of sp³-hybridized carbons (Fsp3) is 0.0952. The Balaban J connectivity index is 2.27. The minimum atomic E-state index is 0.905. The molecule has 0 spiro atoms. The van der Waals surface area contributed by atoms with E-state index < -0.39 is 0 Å². The molecule has 0 unspecified atom stereocenters. The molecule has 116 valence electrons. The summed E-state index contributed by atoms with van der Waals surface area (Å²) in [6.07, 6.45) is 7.96. The molecule has 2 aromatic carbocycles. The lowest BCUT2D eigenvalue weighted by molar-refractivity contribution is 1.43. The van der Waals surface area contributed by atoms with Crippen molar-refractivity contribution in [1.82, 2.24) is 0 Å². The molecule has 2 heteroatoms. The summed E-state index contributed by atoms with van der Waals surface area (Å²) in [5, 5.41) is 7.54. The lowest BCUT2D eigenvalue weighted by Crippen LogP contribution is -1.99. The van der Waals surface area contributed by atoms with Crippen molar-refractivity contribution in [2.45, 2.75) is 13.8 Å². The number of hydrogen-bond donors (Lipinski definition) is 1. The summed E-state index contributed by atoms with van der Waals surface area (Å²) in [5.41, 5.74) is 3.87. The molecule has 0 saturated carbocycles. The molecule has 0 radical (unpaired) electrons. The van der Waals surface area contributed by atoms with E-state index in [1.54, 1.807) is 5.37 Å². The van der Waals surface area contributed by atoms with Crippen molar-refractivity contribution in [3.8, 4) is 0 Å². The van der Waals surface area contributed by atoms with Crippen LogP contribution in [0.25, 0.3) is 10.8 Å². The van der Waals surface area contributed by atoms with E-state index in [1.807, 2.05) is 50.3 Å². The van der Waals surface area contributed by atoms with Crippen molar-refractivity contribution in [2.75, 3.05) is 5.32 Å². The van der Waals surface area contributed by atoms with Crippen LogP contribution in [0.3, 0.4) is 0 Å². The molecule has 0 fully saturated rings. The lowest BCUT2D eigenvalue weighted by atomic mass is 10.1. The van der Waals surface area contributed by atoms with Gasteiger partial charge in [0.15, 0.2) is 0 Å². The number of thiocarbonyl (C=S) groups is 1. The lowest BCUT2D eigenvalue weighted by Gasteiger charge is -2.10. The zero-order valence-electron chi connectivity index (χ0n) is 13.5. The van der Waals surface area contributed by atoms with E-state index in [0.717, 1.165) is 22.5 Å². The van der Waals surface area contributed by atoms with E-state index in [1.165, 1.54) is 10.8 Å². The van der Waals surface area contributed by atoms with Gasteiger partial charge in [0.1, 0.15) is 0 Å². The molecular weight excluding hydrogens is 298 g/mol. The Labute approximate surface area is 143 Å². The van der Waals surface area contributed by atoms with Crippen LogP contribution in [-0.2, 0) is 0 Å². The summed E-state index contributed by atoms with van der Waals surface area (Å²) in [5.74, 6) is 0. The first-order chi connectivity index (χ1) is 11.2. The third kappa shape index (κ3) is 4.51. The first kappa shape index (κ1) is 16.9. The predicted molar refractivity (Wildman–Crippen MR) is 107 cm³/mol. The SMILES string of the molecule is C=C(/C=C\C)/C(C=S)=C\C(=C/C)Nc1ccc2ccccc2c1. The summed E-state index contributed by atoms with van der Waals surface area (Å²) in [7, 11) is 0. The Morgan fingerprint density at radius 2 is 1.83 bits per heavy atom. The minimum absolute atomic E-state index is 0.905. The molecule has 2 aromatic rings. The number of rotatable bonds is 6. The fourth-order valence-electron chi connectivity index (χ4n) is 2.29. The second kappa shape index (κ2) is 8.25. The molecule has 0 amide bonds. The van der Waals surface area contributed by atoms with Crippen molar-refractivity contribution in [3.05, 3.63) is 90.2 Å². The highest BCUT2D eigenvalue weighted by Gasteiger charge is 2.01. The fourth-order valence-corrected chi connectivity index (χ4v) is 2.51. The van der Waals surface area contributed by atoms with E-state index >= 15 is 0 Å². The van der Waals surface area contributed by atoms with Gasteiger partial charge in [-0.15, -0.1) is 0 Å². The number of anilines is 1. The number of benzene rings is 2. The maximum atomic E-state index is 5.12. The van der Waals surface area contributed by atoms with Gasteiger partial charge in [0.2, 0.25) is 0 Å². The van der Waals surface area contributed by atoms with Gasteiger partial charge in [-0.1, -0.05) is 67.4 Å². The standard InChI is InChI=1S/C21H21NS/c1-4-8-16(3)19(15-23)14-20(5-2)22-21-12-11-17-9-6-7-10-18(17)13-21/h4-15,22H,3H2,1-2H3/b8-4-,19-14-,20-5+. The molecule has 0 aliphatic carbocycles. The van der Waals surface area contributed by atoms with Gasteiger partial charge in [-0.25, -0.2) is 0 Å². The van der Waals surface area contributed by atoms with Crippen LogP contribution in [0, 0.1) is 0 Å². The number of hydrogen-bond acceptors (Lipinski definition) is 2. The van der Waals surface area contributed by atoms with Gasteiger partial charge in [0.25, 0.3) is 0 Å². The average molecular weight is 319 g/mol. The summed E-state index contributed by atoms with van der Waals surface area (Å²) in [6, 6.07) is 14.7. The van der Waals surface area contributed by atoms with Crippen LogP contribution in [-0.4, -0.2) is 5.37 Å². The zero-order valence-corrected chi connectivity index (χ0v) is 14.4. The highest BCUT2D eigenvalue weighted by atomic mass is 32.1. The van der Waals surface area contributed by atoms with Gasteiger partial charge in [-0.05, 0) is 54.0 Å². The van der Waals surface area contributed by atoms with Gasteiger partial charge in [0, 0.05) is 16.8 Å². The minimum Gasteiger partial charge on any atom is -0.356 e. The largest absolute Gasteiger partial charge is 0.356 e. The molecule has 1 nitrogen and oxygen atoms in total. The monoisotopic (exact) mass is 319 g/mol. The van der Waals surface area contributed by atoms with Crippen molar-refractivity contribution in [1.29, 1.82) is 0 Å². The number of nitrogens with one attached hydrogen (secondary N) is 1. The predicted octanol–water partition coefficient (Wildman–Crippen LogP) is 6.21. The molecule has 2 rings (SSSR count).